The lowest BCUT2D eigenvalue weighted by Gasteiger charge is -2.12. The molecule has 1 heterocycles. The van der Waals surface area contributed by atoms with E-state index in [0.717, 1.165) is 12.5 Å². The second-order valence-corrected chi connectivity index (χ2v) is 3.46. The summed E-state index contributed by atoms with van der Waals surface area (Å²) >= 11 is 0. The summed E-state index contributed by atoms with van der Waals surface area (Å²) in [5.74, 6) is 1.49. The van der Waals surface area contributed by atoms with Gasteiger partial charge in [-0.15, -0.1) is 0 Å². The van der Waals surface area contributed by atoms with Gasteiger partial charge in [-0.05, 0) is 18.3 Å². The van der Waals surface area contributed by atoms with Crippen molar-refractivity contribution in [2.24, 2.45) is 11.8 Å². The van der Waals surface area contributed by atoms with E-state index in [1.54, 1.807) is 0 Å². The summed E-state index contributed by atoms with van der Waals surface area (Å²) in [6, 6.07) is 0. The third-order valence-corrected chi connectivity index (χ3v) is 1.97. The molecular weight excluding hydrogens is 136 g/mol. The van der Waals surface area contributed by atoms with Crippen molar-refractivity contribution < 1.29 is 4.74 Å². The zero-order chi connectivity index (χ0) is 8.85. The average Bonchev–Trinajstić information content (AvgIpc) is 2.40. The predicted octanol–water partition coefficient (Wildman–Crippen LogP) is 3.09. The maximum atomic E-state index is 5.53. The van der Waals surface area contributed by atoms with Crippen LogP contribution in [0.4, 0.5) is 0 Å². The first-order chi connectivity index (χ1) is 5.20. The molecule has 0 amide bonds. The molecule has 0 aromatic heterocycles. The Balaban J connectivity index is 0.000000461. The SMILES string of the molecule is CC.CC1COC(C(C)C)C1. The second kappa shape index (κ2) is 5.59. The Morgan fingerprint density at radius 2 is 1.82 bits per heavy atom. The molecule has 2 unspecified atom stereocenters. The van der Waals surface area contributed by atoms with Crippen molar-refractivity contribution in [1.82, 2.24) is 0 Å². The summed E-state index contributed by atoms with van der Waals surface area (Å²) in [6.07, 6.45) is 1.80. The molecule has 2 atom stereocenters. The maximum absolute atomic E-state index is 5.53. The van der Waals surface area contributed by atoms with Gasteiger partial charge < -0.3 is 4.74 Å². The van der Waals surface area contributed by atoms with Gasteiger partial charge in [0.1, 0.15) is 0 Å². The van der Waals surface area contributed by atoms with Crippen LogP contribution in [-0.2, 0) is 4.74 Å². The zero-order valence-corrected chi connectivity index (χ0v) is 8.55. The lowest BCUT2D eigenvalue weighted by atomic mass is 10.0. The Labute approximate surface area is 71.1 Å². The van der Waals surface area contributed by atoms with Gasteiger partial charge in [-0.2, -0.15) is 0 Å². The van der Waals surface area contributed by atoms with Crippen LogP contribution >= 0.6 is 0 Å². The first kappa shape index (κ1) is 11.0. The Hall–Kier alpha value is -0.0400. The number of rotatable bonds is 1. The van der Waals surface area contributed by atoms with Crippen molar-refractivity contribution in [3.8, 4) is 0 Å². The molecule has 0 bridgehead atoms. The molecule has 0 saturated carbocycles. The van der Waals surface area contributed by atoms with E-state index in [4.69, 9.17) is 4.74 Å². The van der Waals surface area contributed by atoms with E-state index in [1.165, 1.54) is 6.42 Å². The lowest BCUT2D eigenvalue weighted by molar-refractivity contribution is 0.0736. The van der Waals surface area contributed by atoms with Gasteiger partial charge in [-0.25, -0.2) is 0 Å². The van der Waals surface area contributed by atoms with E-state index in [0.29, 0.717) is 12.0 Å². The van der Waals surface area contributed by atoms with E-state index in [9.17, 15) is 0 Å². The smallest absolute Gasteiger partial charge is 0.0601 e. The van der Waals surface area contributed by atoms with Crippen molar-refractivity contribution in [3.63, 3.8) is 0 Å². The molecule has 1 aliphatic heterocycles. The van der Waals surface area contributed by atoms with Crippen molar-refractivity contribution in [2.75, 3.05) is 6.61 Å². The third kappa shape index (κ3) is 3.76. The molecule has 1 heteroatoms. The summed E-state index contributed by atoms with van der Waals surface area (Å²) < 4.78 is 5.53. The molecule has 1 rings (SSSR count). The fraction of sp³-hybridized carbons (Fsp3) is 1.00. The van der Waals surface area contributed by atoms with Gasteiger partial charge in [0.25, 0.3) is 0 Å². The van der Waals surface area contributed by atoms with Crippen LogP contribution in [0.25, 0.3) is 0 Å². The van der Waals surface area contributed by atoms with Crippen molar-refractivity contribution in [1.29, 1.82) is 0 Å². The third-order valence-electron chi connectivity index (χ3n) is 1.97. The molecular formula is C10H22O. The molecule has 0 aromatic rings. The number of hydrogen-bond donors (Lipinski definition) is 0. The molecule has 0 N–H and O–H groups in total. The van der Waals surface area contributed by atoms with E-state index in [1.807, 2.05) is 13.8 Å². The summed E-state index contributed by atoms with van der Waals surface area (Å²) in [5, 5.41) is 0. The first-order valence-electron chi connectivity index (χ1n) is 4.81. The Morgan fingerprint density at radius 1 is 1.27 bits per heavy atom. The van der Waals surface area contributed by atoms with Crippen molar-refractivity contribution >= 4 is 0 Å². The van der Waals surface area contributed by atoms with E-state index >= 15 is 0 Å². The normalized spacial score (nSPS) is 30.0. The minimum absolute atomic E-state index is 0.542. The zero-order valence-electron chi connectivity index (χ0n) is 8.55. The molecule has 68 valence electrons. The first-order valence-corrected chi connectivity index (χ1v) is 4.81. The van der Waals surface area contributed by atoms with Crippen LogP contribution in [-0.4, -0.2) is 12.7 Å². The molecule has 1 aliphatic rings. The van der Waals surface area contributed by atoms with Gasteiger partial charge in [0, 0.05) is 6.61 Å². The molecule has 1 nitrogen and oxygen atoms in total. The largest absolute Gasteiger partial charge is 0.378 e. The lowest BCUT2D eigenvalue weighted by Crippen LogP contribution is -2.12. The maximum Gasteiger partial charge on any atom is 0.0601 e. The molecule has 1 saturated heterocycles. The van der Waals surface area contributed by atoms with Crippen LogP contribution in [0.3, 0.4) is 0 Å². The second-order valence-electron chi connectivity index (χ2n) is 3.46. The monoisotopic (exact) mass is 158 g/mol. The van der Waals surface area contributed by atoms with E-state index in [-0.39, 0.29) is 0 Å². The average molecular weight is 158 g/mol. The standard InChI is InChI=1S/C8H16O.C2H6/c1-6(2)8-4-7(3)5-9-8;1-2/h6-8H,4-5H2,1-3H3;1-2H3. The van der Waals surface area contributed by atoms with E-state index in [2.05, 4.69) is 20.8 Å². The summed E-state index contributed by atoms with van der Waals surface area (Å²) in [7, 11) is 0. The molecule has 0 aliphatic carbocycles. The van der Waals surface area contributed by atoms with Gasteiger partial charge >= 0.3 is 0 Å². The van der Waals surface area contributed by atoms with Gasteiger partial charge in [-0.3, -0.25) is 0 Å². The topological polar surface area (TPSA) is 9.23 Å². The van der Waals surface area contributed by atoms with Gasteiger partial charge in [0.05, 0.1) is 6.10 Å². The van der Waals surface area contributed by atoms with Gasteiger partial charge in [0.2, 0.25) is 0 Å². The van der Waals surface area contributed by atoms with Crippen LogP contribution in [0, 0.1) is 11.8 Å². The molecule has 0 aromatic carbocycles. The molecule has 0 radical (unpaired) electrons. The highest BCUT2D eigenvalue weighted by molar-refractivity contribution is 4.72. The van der Waals surface area contributed by atoms with Crippen LogP contribution < -0.4 is 0 Å². The quantitative estimate of drug-likeness (QED) is 0.570. The highest BCUT2D eigenvalue weighted by atomic mass is 16.5. The Morgan fingerprint density at radius 3 is 2.00 bits per heavy atom. The fourth-order valence-electron chi connectivity index (χ4n) is 1.29. The number of hydrogen-bond acceptors (Lipinski definition) is 1. The van der Waals surface area contributed by atoms with Crippen LogP contribution in [0.15, 0.2) is 0 Å². The minimum Gasteiger partial charge on any atom is -0.378 e. The molecule has 11 heavy (non-hydrogen) atoms. The molecule has 1 fully saturated rings. The van der Waals surface area contributed by atoms with Gasteiger partial charge in [0.15, 0.2) is 0 Å². The highest BCUT2D eigenvalue weighted by Crippen LogP contribution is 2.23. The van der Waals surface area contributed by atoms with Crippen LogP contribution in [0.1, 0.15) is 41.0 Å². The predicted molar refractivity (Wildman–Crippen MR) is 49.7 cm³/mol. The fourth-order valence-corrected chi connectivity index (χ4v) is 1.29. The Bertz CT molecular complexity index is 88.9. The molecule has 0 spiro atoms. The summed E-state index contributed by atoms with van der Waals surface area (Å²) in [5.41, 5.74) is 0. The minimum atomic E-state index is 0.542. The van der Waals surface area contributed by atoms with Gasteiger partial charge in [-0.1, -0.05) is 34.6 Å². The van der Waals surface area contributed by atoms with Crippen molar-refractivity contribution in [2.45, 2.75) is 47.1 Å². The Kier molecular flexibility index (Phi) is 5.57. The highest BCUT2D eigenvalue weighted by Gasteiger charge is 2.23. The summed E-state index contributed by atoms with van der Waals surface area (Å²) in [6.45, 7) is 11.7. The van der Waals surface area contributed by atoms with Crippen LogP contribution in [0.5, 0.6) is 0 Å². The summed E-state index contributed by atoms with van der Waals surface area (Å²) in [4.78, 5) is 0. The van der Waals surface area contributed by atoms with E-state index < -0.39 is 0 Å². The number of ether oxygens (including phenoxy) is 1. The van der Waals surface area contributed by atoms with Crippen molar-refractivity contribution in [3.05, 3.63) is 0 Å². The van der Waals surface area contributed by atoms with Crippen LogP contribution in [0.2, 0.25) is 0 Å².